The molecule has 0 aliphatic carbocycles. The summed E-state index contributed by atoms with van der Waals surface area (Å²) in [7, 11) is 1.52. The third kappa shape index (κ3) is 2.19. The molecule has 0 spiro atoms. The Morgan fingerprint density at radius 3 is 2.36 bits per heavy atom. The molecule has 0 bridgehead atoms. The Kier molecular flexibility index (Phi) is 3.07. The van der Waals surface area contributed by atoms with Crippen LogP contribution in [-0.2, 0) is 5.60 Å². The van der Waals surface area contributed by atoms with Crippen molar-refractivity contribution in [2.24, 2.45) is 0 Å². The average molecular weight is 261 g/mol. The molecular formula is C10H13BrO3. The van der Waals surface area contributed by atoms with Crippen molar-refractivity contribution in [3.63, 3.8) is 0 Å². The van der Waals surface area contributed by atoms with Crippen LogP contribution in [0.2, 0.25) is 0 Å². The summed E-state index contributed by atoms with van der Waals surface area (Å²) >= 11 is 3.29. The molecular weight excluding hydrogens is 248 g/mol. The van der Waals surface area contributed by atoms with E-state index in [4.69, 9.17) is 4.74 Å². The predicted molar refractivity (Wildman–Crippen MR) is 57.6 cm³/mol. The van der Waals surface area contributed by atoms with E-state index >= 15 is 0 Å². The van der Waals surface area contributed by atoms with Gasteiger partial charge in [-0.15, -0.1) is 0 Å². The van der Waals surface area contributed by atoms with Crippen LogP contribution in [0.5, 0.6) is 11.5 Å². The minimum absolute atomic E-state index is 0.0255. The van der Waals surface area contributed by atoms with Crippen molar-refractivity contribution in [3.05, 3.63) is 22.2 Å². The van der Waals surface area contributed by atoms with E-state index in [0.29, 0.717) is 15.8 Å². The van der Waals surface area contributed by atoms with Gasteiger partial charge in [-0.05, 0) is 35.8 Å². The van der Waals surface area contributed by atoms with Crippen molar-refractivity contribution in [2.75, 3.05) is 7.11 Å². The van der Waals surface area contributed by atoms with Crippen molar-refractivity contribution >= 4 is 15.9 Å². The van der Waals surface area contributed by atoms with Crippen LogP contribution in [0.25, 0.3) is 0 Å². The highest BCUT2D eigenvalue weighted by Gasteiger charge is 2.21. The van der Waals surface area contributed by atoms with E-state index in [0.717, 1.165) is 0 Å². The maximum absolute atomic E-state index is 9.74. The van der Waals surface area contributed by atoms with Crippen molar-refractivity contribution in [1.29, 1.82) is 0 Å². The van der Waals surface area contributed by atoms with Crippen molar-refractivity contribution in [3.8, 4) is 11.5 Å². The molecule has 1 aromatic carbocycles. The zero-order valence-electron chi connectivity index (χ0n) is 8.34. The van der Waals surface area contributed by atoms with Crippen molar-refractivity contribution in [1.82, 2.24) is 0 Å². The van der Waals surface area contributed by atoms with Gasteiger partial charge < -0.3 is 14.9 Å². The van der Waals surface area contributed by atoms with Crippen LogP contribution in [0, 0.1) is 0 Å². The second-order valence-corrected chi connectivity index (χ2v) is 4.42. The molecule has 0 radical (unpaired) electrons. The lowest BCUT2D eigenvalue weighted by Gasteiger charge is -2.20. The number of hydrogen-bond acceptors (Lipinski definition) is 3. The standard InChI is InChI=1S/C10H13BrO3/c1-10(2,13)6-4-7(11)9(14-3)5-8(6)12/h4-5,12-13H,1-3H3. The van der Waals surface area contributed by atoms with Gasteiger partial charge in [-0.1, -0.05) is 0 Å². The number of aromatic hydroxyl groups is 1. The molecule has 0 heterocycles. The molecule has 1 rings (SSSR count). The van der Waals surface area contributed by atoms with E-state index in [1.165, 1.54) is 13.2 Å². The van der Waals surface area contributed by atoms with Crippen LogP contribution in [0.4, 0.5) is 0 Å². The van der Waals surface area contributed by atoms with Crippen LogP contribution in [-0.4, -0.2) is 17.3 Å². The molecule has 2 N–H and O–H groups in total. The van der Waals surface area contributed by atoms with Gasteiger partial charge in [-0.25, -0.2) is 0 Å². The fourth-order valence-corrected chi connectivity index (χ4v) is 1.69. The van der Waals surface area contributed by atoms with Crippen LogP contribution in [0.1, 0.15) is 19.4 Å². The number of hydrogen-bond donors (Lipinski definition) is 2. The molecule has 0 aromatic heterocycles. The smallest absolute Gasteiger partial charge is 0.136 e. The lowest BCUT2D eigenvalue weighted by atomic mass is 9.97. The maximum atomic E-state index is 9.74. The second-order valence-electron chi connectivity index (χ2n) is 3.56. The molecule has 14 heavy (non-hydrogen) atoms. The third-order valence-corrected chi connectivity index (χ3v) is 2.55. The summed E-state index contributed by atoms with van der Waals surface area (Å²) in [6.07, 6.45) is 0. The molecule has 0 aliphatic rings. The van der Waals surface area contributed by atoms with Gasteiger partial charge in [0.1, 0.15) is 11.5 Å². The van der Waals surface area contributed by atoms with Gasteiger partial charge in [0.05, 0.1) is 17.2 Å². The van der Waals surface area contributed by atoms with Crippen LogP contribution < -0.4 is 4.74 Å². The van der Waals surface area contributed by atoms with E-state index in [2.05, 4.69) is 15.9 Å². The summed E-state index contributed by atoms with van der Waals surface area (Å²) in [5.41, 5.74) is -0.607. The van der Waals surface area contributed by atoms with Crippen LogP contribution >= 0.6 is 15.9 Å². The Balaban J connectivity index is 3.29. The van der Waals surface area contributed by atoms with Gasteiger partial charge in [0.25, 0.3) is 0 Å². The zero-order chi connectivity index (χ0) is 10.9. The predicted octanol–water partition coefficient (Wildman–Crippen LogP) is 2.39. The van der Waals surface area contributed by atoms with E-state index in [9.17, 15) is 10.2 Å². The molecule has 0 saturated carbocycles. The number of benzene rings is 1. The summed E-state index contributed by atoms with van der Waals surface area (Å²) in [5.74, 6) is 0.563. The minimum Gasteiger partial charge on any atom is -0.507 e. The number of halogens is 1. The Morgan fingerprint density at radius 2 is 1.93 bits per heavy atom. The lowest BCUT2D eigenvalue weighted by Crippen LogP contribution is -2.15. The molecule has 0 unspecified atom stereocenters. The molecule has 0 saturated heterocycles. The first-order valence-corrected chi connectivity index (χ1v) is 4.95. The summed E-state index contributed by atoms with van der Waals surface area (Å²) < 4.78 is 5.71. The lowest BCUT2D eigenvalue weighted by molar-refractivity contribution is 0.0757. The van der Waals surface area contributed by atoms with Gasteiger partial charge >= 0.3 is 0 Å². The Labute approximate surface area is 91.5 Å². The molecule has 0 aliphatic heterocycles. The summed E-state index contributed by atoms with van der Waals surface area (Å²) in [4.78, 5) is 0. The largest absolute Gasteiger partial charge is 0.507 e. The summed E-state index contributed by atoms with van der Waals surface area (Å²) in [6.45, 7) is 3.22. The van der Waals surface area contributed by atoms with E-state index in [1.807, 2.05) is 0 Å². The zero-order valence-corrected chi connectivity index (χ0v) is 9.92. The number of phenolic OH excluding ortho intramolecular Hbond substituents is 1. The average Bonchev–Trinajstić information content (AvgIpc) is 2.06. The number of aliphatic hydroxyl groups is 1. The van der Waals surface area contributed by atoms with Crippen molar-refractivity contribution in [2.45, 2.75) is 19.4 Å². The fraction of sp³-hybridized carbons (Fsp3) is 0.400. The Hall–Kier alpha value is -0.740. The number of methoxy groups -OCH3 is 1. The highest BCUT2D eigenvalue weighted by Crippen LogP contribution is 2.37. The van der Waals surface area contributed by atoms with Gasteiger partial charge in [0.15, 0.2) is 0 Å². The normalized spacial score (nSPS) is 11.5. The molecule has 4 heteroatoms. The van der Waals surface area contributed by atoms with E-state index in [1.54, 1.807) is 19.9 Å². The van der Waals surface area contributed by atoms with Crippen LogP contribution in [0.15, 0.2) is 16.6 Å². The molecule has 0 atom stereocenters. The molecule has 1 aromatic rings. The first-order valence-electron chi connectivity index (χ1n) is 4.15. The third-order valence-electron chi connectivity index (χ3n) is 1.93. The molecule has 3 nitrogen and oxygen atoms in total. The van der Waals surface area contributed by atoms with Gasteiger partial charge in [0, 0.05) is 11.6 Å². The van der Waals surface area contributed by atoms with Gasteiger partial charge in [-0.2, -0.15) is 0 Å². The quantitative estimate of drug-likeness (QED) is 0.859. The van der Waals surface area contributed by atoms with Crippen molar-refractivity contribution < 1.29 is 14.9 Å². The van der Waals surface area contributed by atoms with E-state index < -0.39 is 5.60 Å². The highest BCUT2D eigenvalue weighted by atomic mass is 79.9. The Bertz CT molecular complexity index is 342. The molecule has 0 amide bonds. The SMILES string of the molecule is COc1cc(O)c(C(C)(C)O)cc1Br. The number of ether oxygens (including phenoxy) is 1. The summed E-state index contributed by atoms with van der Waals surface area (Å²) in [5, 5.41) is 19.4. The minimum atomic E-state index is -1.07. The number of rotatable bonds is 2. The Morgan fingerprint density at radius 1 is 1.36 bits per heavy atom. The molecule has 78 valence electrons. The first kappa shape index (κ1) is 11.3. The topological polar surface area (TPSA) is 49.7 Å². The highest BCUT2D eigenvalue weighted by molar-refractivity contribution is 9.10. The van der Waals surface area contributed by atoms with Gasteiger partial charge in [-0.3, -0.25) is 0 Å². The van der Waals surface area contributed by atoms with E-state index in [-0.39, 0.29) is 5.75 Å². The maximum Gasteiger partial charge on any atom is 0.136 e. The monoisotopic (exact) mass is 260 g/mol. The summed E-state index contributed by atoms with van der Waals surface area (Å²) in [6, 6.07) is 3.12. The van der Waals surface area contributed by atoms with Gasteiger partial charge in [0.2, 0.25) is 0 Å². The molecule has 0 fully saturated rings. The van der Waals surface area contributed by atoms with Crippen LogP contribution in [0.3, 0.4) is 0 Å². The second kappa shape index (κ2) is 3.79. The number of phenols is 1. The first-order chi connectivity index (χ1) is 6.36. The fourth-order valence-electron chi connectivity index (χ4n) is 1.19.